The zero-order chi connectivity index (χ0) is 19.2. The number of aryl methyl sites for hydroxylation is 1. The minimum Gasteiger partial charge on any atom is -0.484 e. The fourth-order valence-corrected chi connectivity index (χ4v) is 3.91. The van der Waals surface area contributed by atoms with E-state index in [0.29, 0.717) is 24.5 Å². The number of anilines is 1. The maximum absolute atomic E-state index is 12.9. The van der Waals surface area contributed by atoms with Crippen LogP contribution in [0.3, 0.4) is 0 Å². The lowest BCUT2D eigenvalue weighted by atomic mass is 10.2. The van der Waals surface area contributed by atoms with Crippen molar-refractivity contribution in [3.8, 4) is 5.75 Å². The van der Waals surface area contributed by atoms with E-state index < -0.39 is 10.0 Å². The average molecular weight is 376 g/mol. The molecule has 2 rings (SSSR count). The number of amides is 1. The number of hydrogen-bond donors (Lipinski definition) is 1. The standard InChI is InChI=1S/C19H24N2O4S/c1-4-20-19(22)14-25-17-10-8-16(9-11-17)21(5-2)26(23,24)18-12-6-15(3)7-13-18/h6-13H,4-5,14H2,1-3H3,(H,20,22). The summed E-state index contributed by atoms with van der Waals surface area (Å²) in [6.07, 6.45) is 0. The minimum atomic E-state index is -3.64. The van der Waals surface area contributed by atoms with Crippen molar-refractivity contribution in [3.63, 3.8) is 0 Å². The van der Waals surface area contributed by atoms with Gasteiger partial charge in [0.05, 0.1) is 10.6 Å². The highest BCUT2D eigenvalue weighted by Crippen LogP contribution is 2.25. The lowest BCUT2D eigenvalue weighted by Gasteiger charge is -2.23. The predicted molar refractivity (Wildman–Crippen MR) is 102 cm³/mol. The highest BCUT2D eigenvalue weighted by Gasteiger charge is 2.23. The Morgan fingerprint density at radius 1 is 1.04 bits per heavy atom. The maximum atomic E-state index is 12.9. The summed E-state index contributed by atoms with van der Waals surface area (Å²) in [4.78, 5) is 11.7. The molecule has 0 heterocycles. The van der Waals surface area contributed by atoms with E-state index in [2.05, 4.69) is 5.32 Å². The third-order valence-electron chi connectivity index (χ3n) is 3.76. The average Bonchev–Trinajstić information content (AvgIpc) is 2.62. The van der Waals surface area contributed by atoms with E-state index in [-0.39, 0.29) is 17.4 Å². The van der Waals surface area contributed by atoms with E-state index in [1.54, 1.807) is 55.5 Å². The molecule has 0 fully saturated rings. The molecule has 26 heavy (non-hydrogen) atoms. The molecule has 2 aromatic carbocycles. The van der Waals surface area contributed by atoms with Crippen molar-refractivity contribution >= 4 is 21.6 Å². The Bertz CT molecular complexity index is 831. The maximum Gasteiger partial charge on any atom is 0.264 e. The zero-order valence-electron chi connectivity index (χ0n) is 15.2. The molecule has 0 saturated carbocycles. The number of carbonyl (C=O) groups is 1. The molecule has 140 valence electrons. The molecule has 0 unspecified atom stereocenters. The van der Waals surface area contributed by atoms with Crippen LogP contribution in [0.25, 0.3) is 0 Å². The molecule has 0 aliphatic rings. The van der Waals surface area contributed by atoms with Crippen LogP contribution >= 0.6 is 0 Å². The van der Waals surface area contributed by atoms with E-state index in [1.807, 2.05) is 13.8 Å². The van der Waals surface area contributed by atoms with Crippen molar-refractivity contribution in [1.82, 2.24) is 5.32 Å². The lowest BCUT2D eigenvalue weighted by molar-refractivity contribution is -0.122. The van der Waals surface area contributed by atoms with Gasteiger partial charge in [-0.2, -0.15) is 0 Å². The molecule has 0 atom stereocenters. The minimum absolute atomic E-state index is 0.0770. The first-order valence-electron chi connectivity index (χ1n) is 8.47. The molecule has 0 saturated heterocycles. The summed E-state index contributed by atoms with van der Waals surface area (Å²) in [6, 6.07) is 13.4. The molecule has 2 aromatic rings. The number of nitrogens with zero attached hydrogens (tertiary/aromatic N) is 1. The van der Waals surface area contributed by atoms with Gasteiger partial charge in [0, 0.05) is 13.1 Å². The van der Waals surface area contributed by atoms with Crippen molar-refractivity contribution in [2.24, 2.45) is 0 Å². The SMILES string of the molecule is CCNC(=O)COc1ccc(N(CC)S(=O)(=O)c2ccc(C)cc2)cc1. The van der Waals surface area contributed by atoms with E-state index in [1.165, 1.54) is 4.31 Å². The first-order valence-corrected chi connectivity index (χ1v) is 9.91. The molecule has 0 bridgehead atoms. The van der Waals surface area contributed by atoms with Crippen LogP contribution < -0.4 is 14.4 Å². The Kier molecular flexibility index (Phi) is 6.63. The molecule has 0 aliphatic carbocycles. The summed E-state index contributed by atoms with van der Waals surface area (Å²) in [5.74, 6) is 0.303. The van der Waals surface area contributed by atoms with Gasteiger partial charge in [-0.3, -0.25) is 9.10 Å². The Morgan fingerprint density at radius 3 is 2.19 bits per heavy atom. The van der Waals surface area contributed by atoms with Gasteiger partial charge in [-0.25, -0.2) is 8.42 Å². The first-order chi connectivity index (χ1) is 12.4. The van der Waals surface area contributed by atoms with E-state index >= 15 is 0 Å². The molecule has 7 heteroatoms. The Hall–Kier alpha value is -2.54. The molecule has 0 aliphatic heterocycles. The zero-order valence-corrected chi connectivity index (χ0v) is 16.0. The fourth-order valence-electron chi connectivity index (χ4n) is 2.43. The number of carbonyl (C=O) groups excluding carboxylic acids is 1. The smallest absolute Gasteiger partial charge is 0.264 e. The monoisotopic (exact) mass is 376 g/mol. The van der Waals surface area contributed by atoms with Crippen LogP contribution in [0.1, 0.15) is 19.4 Å². The van der Waals surface area contributed by atoms with Crippen LogP contribution in [-0.2, 0) is 14.8 Å². The van der Waals surface area contributed by atoms with Gasteiger partial charge in [0.25, 0.3) is 15.9 Å². The molecule has 0 aromatic heterocycles. The Morgan fingerprint density at radius 2 is 1.65 bits per heavy atom. The van der Waals surface area contributed by atoms with Crippen molar-refractivity contribution in [1.29, 1.82) is 0 Å². The van der Waals surface area contributed by atoms with Gasteiger partial charge < -0.3 is 10.1 Å². The first kappa shape index (κ1) is 19.8. The van der Waals surface area contributed by atoms with Gasteiger partial charge in [-0.05, 0) is 57.2 Å². The van der Waals surface area contributed by atoms with Crippen molar-refractivity contribution in [2.75, 3.05) is 24.0 Å². The number of sulfonamides is 1. The van der Waals surface area contributed by atoms with Crippen LogP contribution in [0.2, 0.25) is 0 Å². The molecule has 0 spiro atoms. The number of hydrogen-bond acceptors (Lipinski definition) is 4. The second kappa shape index (κ2) is 8.71. The second-order valence-electron chi connectivity index (χ2n) is 5.72. The van der Waals surface area contributed by atoms with Gasteiger partial charge >= 0.3 is 0 Å². The highest BCUT2D eigenvalue weighted by atomic mass is 32.2. The lowest BCUT2D eigenvalue weighted by Crippen LogP contribution is -2.30. The van der Waals surface area contributed by atoms with Crippen LogP contribution in [0.4, 0.5) is 5.69 Å². The second-order valence-corrected chi connectivity index (χ2v) is 7.58. The molecule has 0 radical (unpaired) electrons. The van der Waals surface area contributed by atoms with Gasteiger partial charge in [0.2, 0.25) is 0 Å². The van der Waals surface area contributed by atoms with Crippen LogP contribution in [0.15, 0.2) is 53.4 Å². The fraction of sp³-hybridized carbons (Fsp3) is 0.316. The Balaban J connectivity index is 2.17. The van der Waals surface area contributed by atoms with Crippen molar-refractivity contribution in [3.05, 3.63) is 54.1 Å². The van der Waals surface area contributed by atoms with E-state index in [9.17, 15) is 13.2 Å². The van der Waals surface area contributed by atoms with Gasteiger partial charge in [0.15, 0.2) is 6.61 Å². The van der Waals surface area contributed by atoms with E-state index in [4.69, 9.17) is 4.74 Å². The number of benzene rings is 2. The van der Waals surface area contributed by atoms with Crippen LogP contribution in [0, 0.1) is 6.92 Å². The Labute approximate surface area is 154 Å². The molecular weight excluding hydrogens is 352 g/mol. The van der Waals surface area contributed by atoms with Gasteiger partial charge in [0.1, 0.15) is 5.75 Å². The van der Waals surface area contributed by atoms with Crippen LogP contribution in [-0.4, -0.2) is 34.0 Å². The summed E-state index contributed by atoms with van der Waals surface area (Å²) < 4.78 is 32.5. The normalized spacial score (nSPS) is 11.0. The van der Waals surface area contributed by atoms with Gasteiger partial charge in [-0.1, -0.05) is 17.7 Å². The number of nitrogens with one attached hydrogen (secondary N) is 1. The van der Waals surface area contributed by atoms with E-state index in [0.717, 1.165) is 5.56 Å². The predicted octanol–water partition coefficient (Wildman–Crippen LogP) is 2.73. The summed E-state index contributed by atoms with van der Waals surface area (Å²) in [5.41, 5.74) is 1.54. The molecule has 1 N–H and O–H groups in total. The third kappa shape index (κ3) is 4.76. The molecular formula is C19H24N2O4S. The third-order valence-corrected chi connectivity index (χ3v) is 5.68. The summed E-state index contributed by atoms with van der Waals surface area (Å²) in [7, 11) is -3.64. The van der Waals surface area contributed by atoms with Crippen molar-refractivity contribution < 1.29 is 17.9 Å². The summed E-state index contributed by atoms with van der Waals surface area (Å²) >= 11 is 0. The highest BCUT2D eigenvalue weighted by molar-refractivity contribution is 7.92. The largest absolute Gasteiger partial charge is 0.484 e. The summed E-state index contributed by atoms with van der Waals surface area (Å²) in [6.45, 7) is 6.30. The topological polar surface area (TPSA) is 75.7 Å². The number of likely N-dealkylation sites (N-methyl/N-ethyl adjacent to an activating group) is 1. The molecule has 6 nitrogen and oxygen atoms in total. The van der Waals surface area contributed by atoms with Crippen molar-refractivity contribution in [2.45, 2.75) is 25.7 Å². The van der Waals surface area contributed by atoms with Gasteiger partial charge in [-0.15, -0.1) is 0 Å². The summed E-state index contributed by atoms with van der Waals surface area (Å²) in [5, 5.41) is 2.65. The quantitative estimate of drug-likeness (QED) is 0.769. The number of rotatable bonds is 8. The van der Waals surface area contributed by atoms with Crippen LogP contribution in [0.5, 0.6) is 5.75 Å². The number of ether oxygens (including phenoxy) is 1. The molecule has 1 amide bonds.